The Bertz CT molecular complexity index is 991. The van der Waals surface area contributed by atoms with Crippen molar-refractivity contribution in [1.29, 1.82) is 0 Å². The summed E-state index contributed by atoms with van der Waals surface area (Å²) in [7, 11) is 0. The molecule has 0 radical (unpaired) electrons. The lowest BCUT2D eigenvalue weighted by molar-refractivity contribution is -0.144. The van der Waals surface area contributed by atoms with Gasteiger partial charge in [-0.05, 0) is 64.2 Å². The van der Waals surface area contributed by atoms with Crippen molar-refractivity contribution in [3.63, 3.8) is 0 Å². The van der Waals surface area contributed by atoms with Crippen molar-refractivity contribution in [2.75, 3.05) is 19.7 Å². The minimum absolute atomic E-state index is 0.0200. The lowest BCUT2D eigenvalue weighted by atomic mass is 9.98. The molecule has 0 heterocycles. The Labute approximate surface area is 251 Å². The van der Waals surface area contributed by atoms with Gasteiger partial charge >= 0.3 is 12.1 Å². The maximum absolute atomic E-state index is 14.3. The number of carbonyl (C=O) groups is 4. The zero-order chi connectivity index (χ0) is 31.7. The normalized spacial score (nSPS) is 12.8. The topological polar surface area (TPSA) is 134 Å². The second-order valence-electron chi connectivity index (χ2n) is 12.0. The number of benzene rings is 1. The predicted octanol–water partition coefficient (Wildman–Crippen LogP) is 5.63. The van der Waals surface area contributed by atoms with Crippen molar-refractivity contribution >= 4 is 23.9 Å². The number of aromatic hydroxyl groups is 1. The van der Waals surface area contributed by atoms with E-state index in [-0.39, 0.29) is 37.8 Å². The van der Waals surface area contributed by atoms with Crippen LogP contribution in [0.25, 0.3) is 0 Å². The summed E-state index contributed by atoms with van der Waals surface area (Å²) < 4.78 is 10.4. The molecule has 0 aliphatic heterocycles. The number of phenolic OH excluding ortho intramolecular Hbond substituents is 1. The molecule has 1 rings (SSSR count). The van der Waals surface area contributed by atoms with Crippen molar-refractivity contribution in [3.8, 4) is 5.75 Å². The van der Waals surface area contributed by atoms with Gasteiger partial charge in [0.15, 0.2) is 0 Å². The second-order valence-corrected chi connectivity index (χ2v) is 12.0. The summed E-state index contributed by atoms with van der Waals surface area (Å²) in [5.41, 5.74) is -0.333. The summed E-state index contributed by atoms with van der Waals surface area (Å²) in [4.78, 5) is 54.1. The van der Waals surface area contributed by atoms with Crippen LogP contribution in [0.5, 0.6) is 5.75 Å². The number of amides is 3. The first-order valence-corrected chi connectivity index (χ1v) is 15.3. The van der Waals surface area contributed by atoms with Crippen molar-refractivity contribution in [3.05, 3.63) is 29.8 Å². The number of carbonyl (C=O) groups excluding carboxylic acids is 4. The Balaban J connectivity index is 3.42. The molecule has 10 heteroatoms. The van der Waals surface area contributed by atoms with Crippen molar-refractivity contribution in [2.24, 2.45) is 5.92 Å². The summed E-state index contributed by atoms with van der Waals surface area (Å²) in [6.07, 6.45) is 5.47. The van der Waals surface area contributed by atoms with Crippen LogP contribution < -0.4 is 10.6 Å². The fourth-order valence-corrected chi connectivity index (χ4v) is 4.56. The third kappa shape index (κ3) is 14.5. The van der Waals surface area contributed by atoms with Crippen LogP contribution in [-0.4, -0.2) is 65.2 Å². The Hall–Kier alpha value is -3.30. The largest absolute Gasteiger partial charge is 0.508 e. The van der Waals surface area contributed by atoms with Crippen molar-refractivity contribution in [1.82, 2.24) is 15.5 Å². The van der Waals surface area contributed by atoms with Gasteiger partial charge in [-0.1, -0.05) is 65.0 Å². The average molecular weight is 592 g/mol. The lowest BCUT2D eigenvalue weighted by Crippen LogP contribution is -2.53. The van der Waals surface area contributed by atoms with E-state index in [9.17, 15) is 24.3 Å². The summed E-state index contributed by atoms with van der Waals surface area (Å²) >= 11 is 0. The molecule has 2 atom stereocenters. The van der Waals surface area contributed by atoms with E-state index in [1.165, 1.54) is 17.0 Å². The van der Waals surface area contributed by atoms with Gasteiger partial charge in [0.1, 0.15) is 23.4 Å². The molecule has 0 saturated carbocycles. The van der Waals surface area contributed by atoms with Crippen LogP contribution in [0.1, 0.15) is 111 Å². The smallest absolute Gasteiger partial charge is 0.408 e. The monoisotopic (exact) mass is 591 g/mol. The second kappa shape index (κ2) is 19.0. The molecule has 3 amide bonds. The number of hydrogen-bond acceptors (Lipinski definition) is 7. The van der Waals surface area contributed by atoms with Crippen LogP contribution in [0.2, 0.25) is 0 Å². The Kier molecular flexibility index (Phi) is 16.6. The summed E-state index contributed by atoms with van der Waals surface area (Å²) in [6.45, 7) is 13.5. The van der Waals surface area contributed by atoms with Crippen LogP contribution >= 0.6 is 0 Å². The molecule has 1 aromatic rings. The van der Waals surface area contributed by atoms with E-state index < -0.39 is 41.6 Å². The van der Waals surface area contributed by atoms with E-state index in [0.717, 1.165) is 32.1 Å². The molecule has 0 saturated heterocycles. The van der Waals surface area contributed by atoms with Gasteiger partial charge < -0.3 is 30.1 Å². The standard InChI is InChI=1S/C32H53N3O7/c1-8-10-11-12-13-14-20-35(30(39)26(21-23(3)4)34-31(40)42-32(5,6)7)28(24-16-15-17-25(36)22-24)29(38)33-19-18-27(37)41-9-2/h15-17,22-23,26,28,36H,8-14,18-21H2,1-7H3,(H,33,38)(H,34,40). The summed E-state index contributed by atoms with van der Waals surface area (Å²) in [6, 6.07) is 4.20. The van der Waals surface area contributed by atoms with E-state index in [4.69, 9.17) is 9.47 Å². The van der Waals surface area contributed by atoms with E-state index in [2.05, 4.69) is 17.6 Å². The Morgan fingerprint density at radius 2 is 1.67 bits per heavy atom. The molecule has 0 aliphatic carbocycles. The first kappa shape index (κ1) is 36.7. The molecule has 3 N–H and O–H groups in total. The number of esters is 1. The van der Waals surface area contributed by atoms with Gasteiger partial charge in [-0.3, -0.25) is 14.4 Å². The van der Waals surface area contributed by atoms with E-state index in [0.29, 0.717) is 18.4 Å². The molecule has 0 aliphatic rings. The molecular weight excluding hydrogens is 538 g/mol. The highest BCUT2D eigenvalue weighted by molar-refractivity contribution is 5.92. The van der Waals surface area contributed by atoms with Gasteiger partial charge in [-0.2, -0.15) is 0 Å². The SMILES string of the molecule is CCCCCCCCN(C(=O)C(CC(C)C)NC(=O)OC(C)(C)C)C(C(=O)NCCC(=O)OCC)c1cccc(O)c1. The lowest BCUT2D eigenvalue weighted by Gasteiger charge is -2.35. The fourth-order valence-electron chi connectivity index (χ4n) is 4.56. The molecule has 0 bridgehead atoms. The first-order chi connectivity index (χ1) is 19.8. The van der Waals surface area contributed by atoms with Crippen LogP contribution in [0, 0.1) is 5.92 Å². The molecule has 0 aromatic heterocycles. The Morgan fingerprint density at radius 3 is 2.26 bits per heavy atom. The number of nitrogens with zero attached hydrogens (tertiary/aromatic N) is 1. The average Bonchev–Trinajstić information content (AvgIpc) is 2.88. The van der Waals surface area contributed by atoms with Gasteiger partial charge in [0, 0.05) is 13.1 Å². The number of nitrogens with one attached hydrogen (secondary N) is 2. The van der Waals surface area contributed by atoms with Crippen LogP contribution in [-0.2, 0) is 23.9 Å². The van der Waals surface area contributed by atoms with Crippen molar-refractivity contribution < 1.29 is 33.8 Å². The minimum atomic E-state index is -1.10. The quantitative estimate of drug-likeness (QED) is 0.149. The highest BCUT2D eigenvalue weighted by atomic mass is 16.6. The summed E-state index contributed by atoms with van der Waals surface area (Å²) in [5.74, 6) is -1.34. The number of ether oxygens (including phenoxy) is 2. The summed E-state index contributed by atoms with van der Waals surface area (Å²) in [5, 5.41) is 15.8. The van der Waals surface area contributed by atoms with Gasteiger partial charge in [0.2, 0.25) is 11.8 Å². The molecular formula is C32H53N3O7. The van der Waals surface area contributed by atoms with Gasteiger partial charge in [-0.15, -0.1) is 0 Å². The number of rotatable bonds is 18. The predicted molar refractivity (Wildman–Crippen MR) is 163 cm³/mol. The van der Waals surface area contributed by atoms with E-state index >= 15 is 0 Å². The van der Waals surface area contributed by atoms with Crippen LogP contribution in [0.4, 0.5) is 4.79 Å². The number of phenols is 1. The number of alkyl carbamates (subject to hydrolysis) is 1. The van der Waals surface area contributed by atoms with Gasteiger partial charge in [-0.25, -0.2) is 4.79 Å². The van der Waals surface area contributed by atoms with Gasteiger partial charge in [0.05, 0.1) is 13.0 Å². The molecule has 238 valence electrons. The zero-order valence-corrected chi connectivity index (χ0v) is 26.7. The molecule has 2 unspecified atom stereocenters. The maximum Gasteiger partial charge on any atom is 0.408 e. The highest BCUT2D eigenvalue weighted by Gasteiger charge is 2.36. The van der Waals surface area contributed by atoms with Gasteiger partial charge in [0.25, 0.3) is 0 Å². The third-order valence-electron chi connectivity index (χ3n) is 6.41. The zero-order valence-electron chi connectivity index (χ0n) is 26.7. The number of unbranched alkanes of at least 4 members (excludes halogenated alkanes) is 5. The molecule has 1 aromatic carbocycles. The fraction of sp³-hybridized carbons (Fsp3) is 0.688. The molecule has 0 spiro atoms. The first-order valence-electron chi connectivity index (χ1n) is 15.3. The van der Waals surface area contributed by atoms with Crippen LogP contribution in [0.3, 0.4) is 0 Å². The van der Waals surface area contributed by atoms with E-state index in [1.54, 1.807) is 39.8 Å². The minimum Gasteiger partial charge on any atom is -0.508 e. The molecule has 10 nitrogen and oxygen atoms in total. The molecule has 42 heavy (non-hydrogen) atoms. The van der Waals surface area contributed by atoms with Crippen LogP contribution in [0.15, 0.2) is 24.3 Å². The van der Waals surface area contributed by atoms with E-state index in [1.807, 2.05) is 13.8 Å². The van der Waals surface area contributed by atoms with Crippen molar-refractivity contribution in [2.45, 2.75) is 118 Å². The maximum atomic E-state index is 14.3. The Morgan fingerprint density at radius 1 is 1.00 bits per heavy atom. The molecule has 0 fully saturated rings. The number of hydrogen-bond donors (Lipinski definition) is 3. The third-order valence-corrected chi connectivity index (χ3v) is 6.41. The highest BCUT2D eigenvalue weighted by Crippen LogP contribution is 2.27.